The summed E-state index contributed by atoms with van der Waals surface area (Å²) in [7, 11) is 0. The predicted molar refractivity (Wildman–Crippen MR) is 93.4 cm³/mol. The zero-order chi connectivity index (χ0) is 16.9. The highest BCUT2D eigenvalue weighted by molar-refractivity contribution is 5.89. The number of nitrogens with zero attached hydrogens (tertiary/aromatic N) is 2. The van der Waals surface area contributed by atoms with Gasteiger partial charge < -0.3 is 10.2 Å². The summed E-state index contributed by atoms with van der Waals surface area (Å²) in [6.45, 7) is 6.02. The summed E-state index contributed by atoms with van der Waals surface area (Å²) in [6.07, 6.45) is 0. The Morgan fingerprint density at radius 1 is 1.08 bits per heavy atom. The highest BCUT2D eigenvalue weighted by atomic mass is 19.1. The molecule has 24 heavy (non-hydrogen) atoms. The lowest BCUT2D eigenvalue weighted by Gasteiger charge is -2.34. The summed E-state index contributed by atoms with van der Waals surface area (Å²) in [5.41, 5.74) is 3.05. The molecule has 2 aromatic carbocycles. The number of piperazine rings is 1. The van der Waals surface area contributed by atoms with E-state index in [1.807, 2.05) is 0 Å². The van der Waals surface area contributed by atoms with E-state index in [-0.39, 0.29) is 11.8 Å². The van der Waals surface area contributed by atoms with Crippen molar-refractivity contribution in [3.8, 4) is 0 Å². The molecule has 0 aromatic heterocycles. The van der Waals surface area contributed by atoms with E-state index in [1.165, 1.54) is 23.3 Å². The summed E-state index contributed by atoms with van der Waals surface area (Å²) >= 11 is 0. The van der Waals surface area contributed by atoms with Gasteiger partial charge in [-0.1, -0.05) is 35.9 Å². The first-order valence-corrected chi connectivity index (χ1v) is 8.19. The van der Waals surface area contributed by atoms with Crippen LogP contribution in [0, 0.1) is 12.7 Å². The minimum Gasteiger partial charge on any atom is -0.322 e. The van der Waals surface area contributed by atoms with Crippen molar-refractivity contribution in [3.63, 3.8) is 0 Å². The van der Waals surface area contributed by atoms with Crippen LogP contribution in [0.5, 0.6) is 0 Å². The van der Waals surface area contributed by atoms with Crippen LogP contribution in [0.1, 0.15) is 11.1 Å². The van der Waals surface area contributed by atoms with Gasteiger partial charge in [0.05, 0.1) is 0 Å². The monoisotopic (exact) mass is 327 g/mol. The van der Waals surface area contributed by atoms with Crippen LogP contribution in [0.25, 0.3) is 0 Å². The van der Waals surface area contributed by atoms with Gasteiger partial charge in [-0.15, -0.1) is 0 Å². The van der Waals surface area contributed by atoms with E-state index in [0.717, 1.165) is 19.6 Å². The number of carbonyl (C=O) groups excluding carboxylic acids is 1. The van der Waals surface area contributed by atoms with Crippen LogP contribution in [0.3, 0.4) is 0 Å². The maximum atomic E-state index is 13.2. The Kier molecular flexibility index (Phi) is 5.11. The normalized spacial score (nSPS) is 15.3. The summed E-state index contributed by atoms with van der Waals surface area (Å²) in [5.74, 6) is -0.351. The van der Waals surface area contributed by atoms with Crippen LogP contribution in [0.2, 0.25) is 0 Å². The molecule has 126 valence electrons. The molecule has 1 aliphatic rings. The van der Waals surface area contributed by atoms with Gasteiger partial charge >= 0.3 is 6.03 Å². The number of halogens is 1. The van der Waals surface area contributed by atoms with Crippen molar-refractivity contribution in [2.45, 2.75) is 13.5 Å². The first kappa shape index (κ1) is 16.5. The van der Waals surface area contributed by atoms with Crippen LogP contribution < -0.4 is 5.32 Å². The van der Waals surface area contributed by atoms with Gasteiger partial charge in [0.15, 0.2) is 0 Å². The number of urea groups is 1. The zero-order valence-corrected chi connectivity index (χ0v) is 13.8. The van der Waals surface area contributed by atoms with Gasteiger partial charge in [0, 0.05) is 38.4 Å². The van der Waals surface area contributed by atoms with E-state index in [1.54, 1.807) is 17.0 Å². The molecule has 1 aliphatic heterocycles. The molecular formula is C19H22FN3O. The highest BCUT2D eigenvalue weighted by Gasteiger charge is 2.21. The van der Waals surface area contributed by atoms with E-state index in [4.69, 9.17) is 0 Å². The lowest BCUT2D eigenvalue weighted by Crippen LogP contribution is -2.49. The zero-order valence-electron chi connectivity index (χ0n) is 13.8. The molecule has 0 aliphatic carbocycles. The Balaban J connectivity index is 1.50. The van der Waals surface area contributed by atoms with Crippen molar-refractivity contribution in [2.75, 3.05) is 31.5 Å². The molecule has 1 fully saturated rings. The molecular weight excluding hydrogens is 305 g/mol. The fraction of sp³-hybridized carbons (Fsp3) is 0.316. The maximum absolute atomic E-state index is 13.2. The molecule has 0 bridgehead atoms. The Morgan fingerprint density at radius 2 is 1.83 bits per heavy atom. The second-order valence-corrected chi connectivity index (χ2v) is 6.19. The standard InChI is InChI=1S/C19H22FN3O/c1-15-4-2-5-16(12-15)14-22-8-10-23(11-9-22)19(24)21-18-7-3-6-17(20)13-18/h2-7,12-13H,8-11,14H2,1H3,(H,21,24). The lowest BCUT2D eigenvalue weighted by molar-refractivity contribution is 0.143. The molecule has 0 spiro atoms. The van der Waals surface area contributed by atoms with E-state index in [0.29, 0.717) is 18.8 Å². The molecule has 3 rings (SSSR count). The Hall–Kier alpha value is -2.40. The Bertz CT molecular complexity index is 711. The van der Waals surface area contributed by atoms with Crippen LogP contribution in [-0.2, 0) is 6.54 Å². The molecule has 0 radical (unpaired) electrons. The minimum absolute atomic E-state index is 0.171. The Labute approximate surface area is 141 Å². The fourth-order valence-corrected chi connectivity index (χ4v) is 2.95. The van der Waals surface area contributed by atoms with Gasteiger partial charge in [0.2, 0.25) is 0 Å². The van der Waals surface area contributed by atoms with Crippen LogP contribution in [0.4, 0.5) is 14.9 Å². The van der Waals surface area contributed by atoms with E-state index in [2.05, 4.69) is 41.4 Å². The number of carbonyl (C=O) groups is 1. The van der Waals surface area contributed by atoms with Gasteiger partial charge in [0.25, 0.3) is 0 Å². The molecule has 0 atom stereocenters. The second-order valence-electron chi connectivity index (χ2n) is 6.19. The molecule has 1 N–H and O–H groups in total. The molecule has 0 saturated carbocycles. The van der Waals surface area contributed by atoms with Crippen molar-refractivity contribution in [3.05, 3.63) is 65.5 Å². The average Bonchev–Trinajstić information content (AvgIpc) is 2.55. The molecule has 1 saturated heterocycles. The quantitative estimate of drug-likeness (QED) is 0.937. The van der Waals surface area contributed by atoms with Crippen molar-refractivity contribution in [1.82, 2.24) is 9.80 Å². The number of rotatable bonds is 3. The topological polar surface area (TPSA) is 35.6 Å². The number of hydrogen-bond acceptors (Lipinski definition) is 2. The summed E-state index contributed by atoms with van der Waals surface area (Å²) in [5, 5.41) is 2.75. The highest BCUT2D eigenvalue weighted by Crippen LogP contribution is 2.13. The fourth-order valence-electron chi connectivity index (χ4n) is 2.95. The Morgan fingerprint density at radius 3 is 2.54 bits per heavy atom. The van der Waals surface area contributed by atoms with Gasteiger partial charge in [0.1, 0.15) is 5.82 Å². The minimum atomic E-state index is -0.351. The van der Waals surface area contributed by atoms with E-state index >= 15 is 0 Å². The number of nitrogens with one attached hydrogen (secondary N) is 1. The third-order valence-electron chi connectivity index (χ3n) is 4.22. The van der Waals surface area contributed by atoms with E-state index < -0.39 is 0 Å². The lowest BCUT2D eigenvalue weighted by atomic mass is 10.1. The van der Waals surface area contributed by atoms with Crippen molar-refractivity contribution < 1.29 is 9.18 Å². The number of aryl methyl sites for hydroxylation is 1. The van der Waals surface area contributed by atoms with Crippen LogP contribution in [-0.4, -0.2) is 42.0 Å². The first-order valence-electron chi connectivity index (χ1n) is 8.19. The van der Waals surface area contributed by atoms with Crippen molar-refractivity contribution in [1.29, 1.82) is 0 Å². The molecule has 5 heteroatoms. The summed E-state index contributed by atoms with van der Waals surface area (Å²) in [6, 6.07) is 14.3. The molecule has 2 aromatic rings. The third-order valence-corrected chi connectivity index (χ3v) is 4.22. The first-order chi connectivity index (χ1) is 11.6. The number of hydrogen-bond donors (Lipinski definition) is 1. The van der Waals surface area contributed by atoms with Gasteiger partial charge in [-0.3, -0.25) is 4.90 Å². The third kappa shape index (κ3) is 4.32. The van der Waals surface area contributed by atoms with Crippen molar-refractivity contribution >= 4 is 11.7 Å². The molecule has 0 unspecified atom stereocenters. The largest absolute Gasteiger partial charge is 0.322 e. The van der Waals surface area contributed by atoms with Crippen molar-refractivity contribution in [2.24, 2.45) is 0 Å². The van der Waals surface area contributed by atoms with Crippen LogP contribution in [0.15, 0.2) is 48.5 Å². The van der Waals surface area contributed by atoms with Gasteiger partial charge in [-0.05, 0) is 30.7 Å². The molecule has 1 heterocycles. The molecule has 2 amide bonds. The number of amides is 2. The maximum Gasteiger partial charge on any atom is 0.321 e. The van der Waals surface area contributed by atoms with Gasteiger partial charge in [-0.25, -0.2) is 9.18 Å². The predicted octanol–water partition coefficient (Wildman–Crippen LogP) is 3.48. The average molecular weight is 327 g/mol. The number of benzene rings is 2. The van der Waals surface area contributed by atoms with Crippen LogP contribution >= 0.6 is 0 Å². The van der Waals surface area contributed by atoms with Gasteiger partial charge in [-0.2, -0.15) is 0 Å². The second kappa shape index (κ2) is 7.45. The molecule has 4 nitrogen and oxygen atoms in total. The summed E-state index contributed by atoms with van der Waals surface area (Å²) < 4.78 is 13.2. The SMILES string of the molecule is Cc1cccc(CN2CCN(C(=O)Nc3cccc(F)c3)CC2)c1. The number of anilines is 1. The smallest absolute Gasteiger partial charge is 0.321 e. The van der Waals surface area contributed by atoms with E-state index in [9.17, 15) is 9.18 Å². The summed E-state index contributed by atoms with van der Waals surface area (Å²) in [4.78, 5) is 16.4.